The predicted octanol–water partition coefficient (Wildman–Crippen LogP) is 3.60. The van der Waals surface area contributed by atoms with E-state index in [0.717, 1.165) is 5.92 Å². The molecule has 0 saturated carbocycles. The summed E-state index contributed by atoms with van der Waals surface area (Å²) in [4.78, 5) is 0. The largest absolute Gasteiger partial charge is 0.118 e. The molecule has 0 saturated heterocycles. The molecule has 0 radical (unpaired) electrons. The third kappa shape index (κ3) is 2.28. The SMILES string of the molecule is CBCC(C)(C)C(C)(C)C(C)C. The van der Waals surface area contributed by atoms with E-state index < -0.39 is 0 Å². The first-order valence-corrected chi connectivity index (χ1v) is 5.25. The summed E-state index contributed by atoms with van der Waals surface area (Å²) < 4.78 is 0. The lowest BCUT2D eigenvalue weighted by Crippen LogP contribution is -2.37. The molecule has 72 valence electrons. The van der Waals surface area contributed by atoms with Gasteiger partial charge in [0.1, 0.15) is 7.28 Å². The lowest BCUT2D eigenvalue weighted by atomic mass is 9.53. The fourth-order valence-electron chi connectivity index (χ4n) is 1.73. The molecule has 0 amide bonds. The Balaban J connectivity index is 4.50. The molecule has 0 fully saturated rings. The lowest BCUT2D eigenvalue weighted by molar-refractivity contribution is 0.0737. The van der Waals surface area contributed by atoms with Crippen molar-refractivity contribution in [3.8, 4) is 0 Å². The Morgan fingerprint density at radius 1 is 1.08 bits per heavy atom. The maximum Gasteiger partial charge on any atom is 0.118 e. The van der Waals surface area contributed by atoms with E-state index in [2.05, 4.69) is 48.4 Å². The van der Waals surface area contributed by atoms with Gasteiger partial charge in [-0.2, -0.15) is 0 Å². The van der Waals surface area contributed by atoms with Crippen molar-refractivity contribution >= 4 is 7.28 Å². The minimum Gasteiger partial charge on any atom is -0.0893 e. The second kappa shape index (κ2) is 3.85. The van der Waals surface area contributed by atoms with Gasteiger partial charge >= 0.3 is 0 Å². The summed E-state index contributed by atoms with van der Waals surface area (Å²) in [6.07, 6.45) is 1.33. The molecule has 0 aliphatic rings. The van der Waals surface area contributed by atoms with Crippen molar-refractivity contribution in [2.75, 3.05) is 0 Å². The van der Waals surface area contributed by atoms with Crippen LogP contribution in [-0.2, 0) is 0 Å². The van der Waals surface area contributed by atoms with E-state index in [1.807, 2.05) is 0 Å². The highest BCUT2D eigenvalue weighted by atomic mass is 14.4. The van der Waals surface area contributed by atoms with Crippen LogP contribution in [0.5, 0.6) is 0 Å². The van der Waals surface area contributed by atoms with Crippen molar-refractivity contribution < 1.29 is 0 Å². The summed E-state index contributed by atoms with van der Waals surface area (Å²) in [5, 5.41) is 0. The van der Waals surface area contributed by atoms with Gasteiger partial charge in [-0.05, 0) is 16.7 Å². The van der Waals surface area contributed by atoms with Crippen LogP contribution in [0.3, 0.4) is 0 Å². The van der Waals surface area contributed by atoms with E-state index in [0.29, 0.717) is 10.8 Å². The number of hydrogen-bond donors (Lipinski definition) is 0. The summed E-state index contributed by atoms with van der Waals surface area (Å²) in [7, 11) is 1.29. The van der Waals surface area contributed by atoms with Gasteiger partial charge in [0.2, 0.25) is 0 Å². The molecule has 1 heteroatoms. The molecule has 0 spiro atoms. The number of hydrogen-bond acceptors (Lipinski definition) is 0. The molecular formula is C11H25B. The van der Waals surface area contributed by atoms with E-state index in [9.17, 15) is 0 Å². The Labute approximate surface area is 79.4 Å². The summed E-state index contributed by atoms with van der Waals surface area (Å²) in [6.45, 7) is 16.5. The zero-order valence-corrected chi connectivity index (χ0v) is 9.99. The minimum absolute atomic E-state index is 0.447. The minimum atomic E-state index is 0.447. The van der Waals surface area contributed by atoms with Crippen LogP contribution in [0.1, 0.15) is 41.5 Å². The summed E-state index contributed by atoms with van der Waals surface area (Å²) in [5.41, 5.74) is 0.916. The molecule has 0 unspecified atom stereocenters. The van der Waals surface area contributed by atoms with Crippen molar-refractivity contribution in [1.82, 2.24) is 0 Å². The highest BCUT2D eigenvalue weighted by Crippen LogP contribution is 2.46. The average molecular weight is 168 g/mol. The van der Waals surface area contributed by atoms with Gasteiger partial charge in [0.15, 0.2) is 0 Å². The van der Waals surface area contributed by atoms with Gasteiger partial charge in [0.05, 0.1) is 0 Å². The molecule has 0 aromatic rings. The molecular weight excluding hydrogens is 143 g/mol. The van der Waals surface area contributed by atoms with Gasteiger partial charge in [-0.3, -0.25) is 0 Å². The van der Waals surface area contributed by atoms with Crippen LogP contribution in [0.4, 0.5) is 0 Å². The van der Waals surface area contributed by atoms with E-state index in [1.165, 1.54) is 13.6 Å². The summed E-state index contributed by atoms with van der Waals surface area (Å²) in [6, 6.07) is 0. The van der Waals surface area contributed by atoms with Gasteiger partial charge in [-0.15, -0.1) is 0 Å². The topological polar surface area (TPSA) is 0 Å². The zero-order chi connectivity index (χ0) is 9.99. The van der Waals surface area contributed by atoms with Crippen molar-refractivity contribution in [1.29, 1.82) is 0 Å². The van der Waals surface area contributed by atoms with Gasteiger partial charge in [-0.25, -0.2) is 0 Å². The fourth-order valence-corrected chi connectivity index (χ4v) is 1.73. The quantitative estimate of drug-likeness (QED) is 0.562. The second-order valence-corrected chi connectivity index (χ2v) is 5.51. The first kappa shape index (κ1) is 12.1. The molecule has 0 rings (SSSR count). The normalized spacial score (nSPS) is 13.7. The van der Waals surface area contributed by atoms with Gasteiger partial charge in [-0.1, -0.05) is 54.7 Å². The maximum absolute atomic E-state index is 2.40. The van der Waals surface area contributed by atoms with Crippen LogP contribution in [0.15, 0.2) is 0 Å². The van der Waals surface area contributed by atoms with Crippen molar-refractivity contribution in [3.05, 3.63) is 0 Å². The van der Waals surface area contributed by atoms with E-state index in [4.69, 9.17) is 0 Å². The van der Waals surface area contributed by atoms with Crippen LogP contribution >= 0.6 is 0 Å². The van der Waals surface area contributed by atoms with Gasteiger partial charge in [0, 0.05) is 0 Å². The van der Waals surface area contributed by atoms with Crippen molar-refractivity contribution in [2.45, 2.75) is 54.7 Å². The van der Waals surface area contributed by atoms with E-state index in [1.54, 1.807) is 0 Å². The van der Waals surface area contributed by atoms with Crippen LogP contribution in [-0.4, -0.2) is 7.28 Å². The molecule has 12 heavy (non-hydrogen) atoms. The predicted molar refractivity (Wildman–Crippen MR) is 60.2 cm³/mol. The molecule has 0 heterocycles. The van der Waals surface area contributed by atoms with Crippen molar-refractivity contribution in [3.63, 3.8) is 0 Å². The fraction of sp³-hybridized carbons (Fsp3) is 1.00. The smallest absolute Gasteiger partial charge is 0.0893 e. The van der Waals surface area contributed by atoms with Gasteiger partial charge in [0.25, 0.3) is 0 Å². The monoisotopic (exact) mass is 168 g/mol. The highest BCUT2D eigenvalue weighted by molar-refractivity contribution is 6.33. The van der Waals surface area contributed by atoms with Crippen LogP contribution in [0.2, 0.25) is 13.1 Å². The Morgan fingerprint density at radius 2 is 1.50 bits per heavy atom. The molecule has 0 aliphatic heterocycles. The highest BCUT2D eigenvalue weighted by Gasteiger charge is 2.38. The summed E-state index contributed by atoms with van der Waals surface area (Å²) in [5.74, 6) is 0.763. The average Bonchev–Trinajstić information content (AvgIpc) is 1.86. The molecule has 0 aromatic carbocycles. The Kier molecular flexibility index (Phi) is 3.87. The van der Waals surface area contributed by atoms with Gasteiger partial charge < -0.3 is 0 Å². The van der Waals surface area contributed by atoms with Crippen LogP contribution < -0.4 is 0 Å². The molecule has 0 N–H and O–H groups in total. The third-order valence-corrected chi connectivity index (χ3v) is 4.06. The maximum atomic E-state index is 2.40. The Hall–Kier alpha value is 0.0649. The van der Waals surface area contributed by atoms with Crippen LogP contribution in [0, 0.1) is 16.7 Å². The molecule has 0 aromatic heterocycles. The summed E-state index contributed by atoms with van der Waals surface area (Å²) >= 11 is 0. The second-order valence-electron chi connectivity index (χ2n) is 5.51. The third-order valence-electron chi connectivity index (χ3n) is 4.06. The van der Waals surface area contributed by atoms with Crippen molar-refractivity contribution in [2.24, 2.45) is 16.7 Å². The number of rotatable bonds is 4. The lowest BCUT2D eigenvalue weighted by Gasteiger charge is -2.45. The van der Waals surface area contributed by atoms with E-state index >= 15 is 0 Å². The first-order chi connectivity index (χ1) is 5.25. The molecule has 0 bridgehead atoms. The van der Waals surface area contributed by atoms with E-state index in [-0.39, 0.29) is 0 Å². The Morgan fingerprint density at radius 3 is 1.75 bits per heavy atom. The molecule has 0 nitrogen and oxygen atoms in total. The zero-order valence-electron chi connectivity index (χ0n) is 9.99. The van der Waals surface area contributed by atoms with Crippen LogP contribution in [0.25, 0.3) is 0 Å². The standard InChI is InChI=1S/C11H25B/c1-9(2)11(5,6)10(3,4)8-12-7/h9,12H,8H2,1-7H3. The molecule has 0 aliphatic carbocycles. The molecule has 0 atom stereocenters. The Bertz CT molecular complexity index is 134. The first-order valence-electron chi connectivity index (χ1n) is 5.25.